The number of hydrogen-bond donors (Lipinski definition) is 2. The number of furan rings is 1. The van der Waals surface area contributed by atoms with E-state index in [1.54, 1.807) is 60.7 Å². The maximum atomic E-state index is 12.4. The monoisotopic (exact) mass is 380 g/mol. The van der Waals surface area contributed by atoms with Crippen LogP contribution in [-0.4, -0.2) is 11.8 Å². The molecule has 0 spiro atoms. The topological polar surface area (TPSA) is 71.3 Å². The van der Waals surface area contributed by atoms with Gasteiger partial charge < -0.3 is 15.1 Å². The van der Waals surface area contributed by atoms with Crippen LogP contribution in [0.1, 0.15) is 21.7 Å². The van der Waals surface area contributed by atoms with Gasteiger partial charge >= 0.3 is 0 Å². The number of carbonyl (C=O) groups excluding carboxylic acids is 2. The summed E-state index contributed by atoms with van der Waals surface area (Å²) < 4.78 is 5.12. The van der Waals surface area contributed by atoms with Gasteiger partial charge in [-0.05, 0) is 67.1 Å². The van der Waals surface area contributed by atoms with Crippen LogP contribution in [0.3, 0.4) is 0 Å². The lowest BCUT2D eigenvalue weighted by atomic mass is 10.1. The molecule has 136 valence electrons. The number of halogens is 1. The van der Waals surface area contributed by atoms with Gasteiger partial charge in [0.25, 0.3) is 5.91 Å². The lowest BCUT2D eigenvalue weighted by Crippen LogP contribution is -2.13. The first-order chi connectivity index (χ1) is 13.0. The van der Waals surface area contributed by atoms with Gasteiger partial charge in [0.1, 0.15) is 5.76 Å². The van der Waals surface area contributed by atoms with Gasteiger partial charge in [-0.1, -0.05) is 17.7 Å². The molecule has 5 nitrogen and oxygen atoms in total. The van der Waals surface area contributed by atoms with E-state index in [-0.39, 0.29) is 11.8 Å². The first-order valence-corrected chi connectivity index (χ1v) is 8.60. The van der Waals surface area contributed by atoms with E-state index < -0.39 is 0 Å². The third kappa shape index (κ3) is 4.86. The number of nitrogens with one attached hydrogen (secondary N) is 2. The van der Waals surface area contributed by atoms with Crippen molar-refractivity contribution in [3.05, 3.63) is 88.8 Å². The Labute approximate surface area is 161 Å². The lowest BCUT2D eigenvalue weighted by Gasteiger charge is -2.10. The van der Waals surface area contributed by atoms with Crippen LogP contribution in [0, 0.1) is 6.92 Å². The molecular weight excluding hydrogens is 364 g/mol. The summed E-state index contributed by atoms with van der Waals surface area (Å²) >= 11 is 6.07. The highest BCUT2D eigenvalue weighted by molar-refractivity contribution is 6.31. The minimum absolute atomic E-state index is 0.254. The van der Waals surface area contributed by atoms with Crippen molar-refractivity contribution in [3.8, 4) is 0 Å². The van der Waals surface area contributed by atoms with Crippen molar-refractivity contribution in [1.29, 1.82) is 0 Å². The van der Waals surface area contributed by atoms with Crippen molar-refractivity contribution >= 4 is 40.9 Å². The van der Waals surface area contributed by atoms with E-state index in [4.69, 9.17) is 16.0 Å². The molecule has 1 heterocycles. The van der Waals surface area contributed by atoms with E-state index in [1.165, 1.54) is 12.3 Å². The van der Waals surface area contributed by atoms with Crippen molar-refractivity contribution in [2.45, 2.75) is 6.92 Å². The van der Waals surface area contributed by atoms with Crippen LogP contribution in [0.25, 0.3) is 6.08 Å². The number of carbonyl (C=O) groups is 2. The zero-order valence-corrected chi connectivity index (χ0v) is 15.3. The Bertz CT molecular complexity index is 977. The Balaban J connectivity index is 1.61. The molecule has 2 aromatic carbocycles. The van der Waals surface area contributed by atoms with Gasteiger partial charge in [0.2, 0.25) is 5.91 Å². The lowest BCUT2D eigenvalue weighted by molar-refractivity contribution is -0.111. The molecule has 0 saturated carbocycles. The molecule has 0 radical (unpaired) electrons. The summed E-state index contributed by atoms with van der Waals surface area (Å²) in [6.07, 6.45) is 4.48. The second-order valence-corrected chi connectivity index (χ2v) is 6.19. The highest BCUT2D eigenvalue weighted by Gasteiger charge is 2.09. The van der Waals surface area contributed by atoms with Gasteiger partial charge in [0.15, 0.2) is 0 Å². The summed E-state index contributed by atoms with van der Waals surface area (Å²) in [4.78, 5) is 24.3. The van der Waals surface area contributed by atoms with Crippen molar-refractivity contribution in [2.24, 2.45) is 0 Å². The summed E-state index contributed by atoms with van der Waals surface area (Å²) in [5.41, 5.74) is 2.52. The molecule has 2 amide bonds. The summed E-state index contributed by atoms with van der Waals surface area (Å²) in [5, 5.41) is 6.14. The third-order valence-corrected chi connectivity index (χ3v) is 4.28. The Kier molecular flexibility index (Phi) is 5.74. The SMILES string of the molecule is Cc1c(Cl)cccc1NC(=O)c1ccc(NC(=O)C=Cc2ccco2)cc1. The molecule has 3 aromatic rings. The van der Waals surface area contributed by atoms with Crippen LogP contribution in [0.15, 0.2) is 71.4 Å². The molecule has 6 heteroatoms. The van der Waals surface area contributed by atoms with Gasteiger partial charge in [-0.15, -0.1) is 0 Å². The maximum absolute atomic E-state index is 12.4. The molecule has 27 heavy (non-hydrogen) atoms. The predicted octanol–water partition coefficient (Wildman–Crippen LogP) is 5.15. The number of hydrogen-bond acceptors (Lipinski definition) is 3. The fraction of sp³-hybridized carbons (Fsp3) is 0.0476. The van der Waals surface area contributed by atoms with E-state index in [2.05, 4.69) is 10.6 Å². The molecule has 2 N–H and O–H groups in total. The largest absolute Gasteiger partial charge is 0.465 e. The third-order valence-electron chi connectivity index (χ3n) is 3.87. The molecule has 0 aliphatic carbocycles. The standard InChI is InChI=1S/C21H17ClN2O3/c1-14-18(22)5-2-6-19(14)24-21(26)15-7-9-16(10-8-15)23-20(25)12-11-17-4-3-13-27-17/h2-13H,1H3,(H,23,25)(H,24,26). The molecule has 0 saturated heterocycles. The maximum Gasteiger partial charge on any atom is 0.255 e. The quantitative estimate of drug-likeness (QED) is 0.601. The molecule has 0 fully saturated rings. The molecule has 3 rings (SSSR count). The summed E-state index contributed by atoms with van der Waals surface area (Å²) in [5.74, 6) is 0.0441. The molecule has 0 bridgehead atoms. The number of anilines is 2. The van der Waals surface area contributed by atoms with Crippen molar-refractivity contribution in [3.63, 3.8) is 0 Å². The van der Waals surface area contributed by atoms with Crippen molar-refractivity contribution in [1.82, 2.24) is 0 Å². The molecule has 0 aliphatic heterocycles. The Morgan fingerprint density at radius 1 is 1.00 bits per heavy atom. The van der Waals surface area contributed by atoms with E-state index in [0.29, 0.717) is 27.7 Å². The fourth-order valence-electron chi connectivity index (χ4n) is 2.37. The minimum Gasteiger partial charge on any atom is -0.465 e. The van der Waals surface area contributed by atoms with E-state index in [0.717, 1.165) is 5.56 Å². The molecular formula is C21H17ClN2O3. The molecule has 1 aromatic heterocycles. The minimum atomic E-state index is -0.293. The van der Waals surface area contributed by atoms with Gasteiger partial charge in [-0.2, -0.15) is 0 Å². The van der Waals surface area contributed by atoms with E-state index in [1.807, 2.05) is 6.92 Å². The predicted molar refractivity (Wildman–Crippen MR) is 107 cm³/mol. The van der Waals surface area contributed by atoms with Crippen LogP contribution in [0.4, 0.5) is 11.4 Å². The molecule has 0 aliphatic rings. The zero-order chi connectivity index (χ0) is 19.2. The first kappa shape index (κ1) is 18.5. The van der Waals surface area contributed by atoms with Gasteiger partial charge in [-0.3, -0.25) is 9.59 Å². The first-order valence-electron chi connectivity index (χ1n) is 8.22. The Hall–Kier alpha value is -3.31. The highest BCUT2D eigenvalue weighted by atomic mass is 35.5. The molecule has 0 unspecified atom stereocenters. The van der Waals surface area contributed by atoms with Crippen molar-refractivity contribution in [2.75, 3.05) is 10.6 Å². The molecule has 0 atom stereocenters. The average Bonchev–Trinajstić information content (AvgIpc) is 3.18. The Morgan fingerprint density at radius 2 is 1.78 bits per heavy atom. The summed E-state index contributed by atoms with van der Waals surface area (Å²) in [7, 11) is 0. The van der Waals surface area contributed by atoms with Crippen LogP contribution < -0.4 is 10.6 Å². The van der Waals surface area contributed by atoms with Crippen LogP contribution in [0.5, 0.6) is 0 Å². The van der Waals surface area contributed by atoms with E-state index >= 15 is 0 Å². The smallest absolute Gasteiger partial charge is 0.255 e. The van der Waals surface area contributed by atoms with Crippen LogP contribution >= 0.6 is 11.6 Å². The number of benzene rings is 2. The van der Waals surface area contributed by atoms with Crippen LogP contribution in [-0.2, 0) is 4.79 Å². The second-order valence-electron chi connectivity index (χ2n) is 5.78. The Morgan fingerprint density at radius 3 is 2.48 bits per heavy atom. The number of rotatable bonds is 5. The highest BCUT2D eigenvalue weighted by Crippen LogP contribution is 2.23. The normalized spacial score (nSPS) is 10.7. The average molecular weight is 381 g/mol. The van der Waals surface area contributed by atoms with Crippen molar-refractivity contribution < 1.29 is 14.0 Å². The van der Waals surface area contributed by atoms with Gasteiger partial charge in [0.05, 0.1) is 6.26 Å². The number of amides is 2. The zero-order valence-electron chi connectivity index (χ0n) is 14.5. The van der Waals surface area contributed by atoms with E-state index in [9.17, 15) is 9.59 Å². The van der Waals surface area contributed by atoms with Gasteiger partial charge in [0, 0.05) is 28.0 Å². The fourth-order valence-corrected chi connectivity index (χ4v) is 2.54. The van der Waals surface area contributed by atoms with Crippen LogP contribution in [0.2, 0.25) is 5.02 Å². The second kappa shape index (κ2) is 8.38. The summed E-state index contributed by atoms with van der Waals surface area (Å²) in [6.45, 7) is 1.84. The van der Waals surface area contributed by atoms with Gasteiger partial charge in [-0.25, -0.2) is 0 Å². The summed E-state index contributed by atoms with van der Waals surface area (Å²) in [6, 6.07) is 15.4.